The molecule has 13 aromatic rings. The van der Waals surface area contributed by atoms with E-state index in [9.17, 15) is 0 Å². The summed E-state index contributed by atoms with van der Waals surface area (Å²) in [5.41, 5.74) is 12.5. The summed E-state index contributed by atoms with van der Waals surface area (Å²) in [5.74, 6) is 0. The van der Waals surface area contributed by atoms with Gasteiger partial charge in [-0.05, 0) is 141 Å². The fraction of sp³-hybridized carbons (Fsp3) is 0.0476. The van der Waals surface area contributed by atoms with Gasteiger partial charge in [0.25, 0.3) is 0 Å². The van der Waals surface area contributed by atoms with E-state index in [0.29, 0.717) is 0 Å². The molecule has 1 aliphatic carbocycles. The maximum absolute atomic E-state index is 7.27. The first-order chi connectivity index (χ1) is 32.0. The Bertz CT molecular complexity index is 4130. The third kappa shape index (κ3) is 5.17. The Hall–Kier alpha value is -8.20. The van der Waals surface area contributed by atoms with Gasteiger partial charge in [-0.15, -0.1) is 0 Å². The highest BCUT2D eigenvalue weighted by atomic mass is 16.3. The molecule has 65 heavy (non-hydrogen) atoms. The first kappa shape index (κ1) is 36.3. The van der Waals surface area contributed by atoms with E-state index in [0.717, 1.165) is 44.6 Å². The molecular weight excluding hydrogens is 787 g/mol. The van der Waals surface area contributed by atoms with Gasteiger partial charge in [0.2, 0.25) is 0 Å². The molecule has 0 unspecified atom stereocenters. The predicted octanol–water partition coefficient (Wildman–Crippen LogP) is 17.9. The number of rotatable bonds is 4. The molecule has 0 aliphatic heterocycles. The van der Waals surface area contributed by atoms with Crippen molar-refractivity contribution in [3.8, 4) is 22.3 Å². The van der Waals surface area contributed by atoms with Crippen molar-refractivity contribution in [3.05, 3.63) is 223 Å². The zero-order chi connectivity index (χ0) is 43.0. The quantitative estimate of drug-likeness (QED) is 0.164. The van der Waals surface area contributed by atoms with Crippen LogP contribution < -0.4 is 4.90 Å². The van der Waals surface area contributed by atoms with Gasteiger partial charge in [0.05, 0.1) is 0 Å². The summed E-state index contributed by atoms with van der Waals surface area (Å²) in [6.45, 7) is 4.72. The van der Waals surface area contributed by atoms with Crippen LogP contribution in [0.2, 0.25) is 0 Å². The minimum atomic E-state index is -0.153. The van der Waals surface area contributed by atoms with Crippen LogP contribution in [0.1, 0.15) is 25.0 Å². The molecule has 12 aromatic carbocycles. The van der Waals surface area contributed by atoms with Gasteiger partial charge >= 0.3 is 0 Å². The van der Waals surface area contributed by atoms with E-state index in [1.54, 1.807) is 0 Å². The van der Waals surface area contributed by atoms with E-state index in [1.165, 1.54) is 92.5 Å². The van der Waals surface area contributed by atoms with Crippen LogP contribution in [-0.4, -0.2) is 0 Å². The lowest BCUT2D eigenvalue weighted by Gasteiger charge is -2.28. The Morgan fingerprint density at radius 3 is 1.54 bits per heavy atom. The normalized spacial score (nSPS) is 13.2. The molecule has 0 bridgehead atoms. The van der Waals surface area contributed by atoms with Crippen LogP contribution in [0.5, 0.6) is 0 Å². The van der Waals surface area contributed by atoms with Crippen LogP contribution in [-0.2, 0) is 5.41 Å². The van der Waals surface area contributed by atoms with Gasteiger partial charge in [-0.3, -0.25) is 0 Å². The van der Waals surface area contributed by atoms with Gasteiger partial charge in [0, 0.05) is 44.9 Å². The van der Waals surface area contributed by atoms with E-state index in [-0.39, 0.29) is 5.41 Å². The molecule has 1 aliphatic rings. The number of furan rings is 1. The third-order valence-electron chi connectivity index (χ3n) is 14.6. The molecule has 0 radical (unpaired) electrons. The molecule has 1 aromatic heterocycles. The van der Waals surface area contributed by atoms with E-state index >= 15 is 0 Å². The minimum Gasteiger partial charge on any atom is -0.455 e. The average molecular weight is 828 g/mol. The van der Waals surface area contributed by atoms with Crippen molar-refractivity contribution in [2.24, 2.45) is 0 Å². The molecule has 0 saturated carbocycles. The highest BCUT2D eigenvalue weighted by Gasteiger charge is 2.36. The van der Waals surface area contributed by atoms with Crippen LogP contribution in [0.25, 0.3) is 109 Å². The molecule has 2 nitrogen and oxygen atoms in total. The monoisotopic (exact) mass is 827 g/mol. The predicted molar refractivity (Wildman–Crippen MR) is 276 cm³/mol. The van der Waals surface area contributed by atoms with Crippen molar-refractivity contribution in [3.63, 3.8) is 0 Å². The Morgan fingerprint density at radius 1 is 0.323 bits per heavy atom. The van der Waals surface area contributed by atoms with Crippen LogP contribution in [0.3, 0.4) is 0 Å². The topological polar surface area (TPSA) is 16.4 Å². The second-order valence-corrected chi connectivity index (χ2v) is 18.4. The standard InChI is InChI=1S/C63H41NO/c1-63(2)58-26-14-13-25-52(58)53-31-28-41(36-59(53)63)64(40-27-30-51-48-22-9-8-20-46(48)47-21-10-11-23-49(47)55(51)35-40)42-29-32-54-57-34-39-16-4-6-18-44(39)61(62(57)65-60(54)37-42)56-33-38-15-3-5-17-43(38)45-19-7-12-24-50(45)56/h3-37H,1-2H3. The summed E-state index contributed by atoms with van der Waals surface area (Å²) >= 11 is 0. The molecule has 304 valence electrons. The summed E-state index contributed by atoms with van der Waals surface area (Å²) in [6.07, 6.45) is 0. The van der Waals surface area contributed by atoms with Gasteiger partial charge in [-0.2, -0.15) is 0 Å². The summed E-state index contributed by atoms with van der Waals surface area (Å²) in [5, 5.41) is 17.1. The van der Waals surface area contributed by atoms with Crippen molar-refractivity contribution in [1.82, 2.24) is 0 Å². The van der Waals surface area contributed by atoms with Crippen molar-refractivity contribution in [2.75, 3.05) is 4.90 Å². The van der Waals surface area contributed by atoms with E-state index in [4.69, 9.17) is 4.42 Å². The second-order valence-electron chi connectivity index (χ2n) is 18.4. The zero-order valence-electron chi connectivity index (χ0n) is 36.1. The number of fused-ring (bicyclic) bond motifs is 16. The van der Waals surface area contributed by atoms with Crippen LogP contribution in [0, 0.1) is 0 Å². The Balaban J connectivity index is 1.03. The van der Waals surface area contributed by atoms with Gasteiger partial charge in [-0.1, -0.05) is 172 Å². The first-order valence-electron chi connectivity index (χ1n) is 22.7. The molecule has 0 N–H and O–H groups in total. The number of anilines is 3. The summed E-state index contributed by atoms with van der Waals surface area (Å²) in [6, 6.07) is 78.4. The van der Waals surface area contributed by atoms with Crippen molar-refractivity contribution >= 4 is 104 Å². The van der Waals surface area contributed by atoms with Gasteiger partial charge < -0.3 is 9.32 Å². The number of nitrogens with zero attached hydrogens (tertiary/aromatic N) is 1. The van der Waals surface area contributed by atoms with Crippen molar-refractivity contribution in [1.29, 1.82) is 0 Å². The molecular formula is C63H41NO. The highest BCUT2D eigenvalue weighted by molar-refractivity contribution is 6.26. The summed E-state index contributed by atoms with van der Waals surface area (Å²) in [4.78, 5) is 2.43. The smallest absolute Gasteiger partial charge is 0.143 e. The van der Waals surface area contributed by atoms with Gasteiger partial charge in [-0.25, -0.2) is 0 Å². The third-order valence-corrected chi connectivity index (χ3v) is 14.6. The fourth-order valence-electron chi connectivity index (χ4n) is 11.5. The van der Waals surface area contributed by atoms with Crippen LogP contribution >= 0.6 is 0 Å². The Kier molecular flexibility index (Phi) is 7.49. The van der Waals surface area contributed by atoms with Gasteiger partial charge in [0.1, 0.15) is 11.2 Å². The highest BCUT2D eigenvalue weighted by Crippen LogP contribution is 2.52. The molecule has 14 rings (SSSR count). The maximum atomic E-state index is 7.27. The zero-order valence-corrected chi connectivity index (χ0v) is 36.1. The Morgan fingerprint density at radius 2 is 0.815 bits per heavy atom. The first-order valence-corrected chi connectivity index (χ1v) is 22.7. The SMILES string of the molecule is CC1(C)c2ccccc2-c2ccc(N(c3ccc4c(c3)oc3c(-c5cc6ccccc6c6ccccc56)c5ccccc5cc34)c3ccc4c5ccccc5c5ccccc5c4c3)cc21. The lowest BCUT2D eigenvalue weighted by molar-refractivity contribution is 0.660. The molecule has 0 amide bonds. The molecule has 0 saturated heterocycles. The summed E-state index contributed by atoms with van der Waals surface area (Å²) in [7, 11) is 0. The molecule has 0 spiro atoms. The summed E-state index contributed by atoms with van der Waals surface area (Å²) < 4.78 is 7.27. The van der Waals surface area contributed by atoms with Crippen LogP contribution in [0.4, 0.5) is 17.1 Å². The average Bonchev–Trinajstić information content (AvgIpc) is 3.83. The van der Waals surface area contributed by atoms with Gasteiger partial charge in [0.15, 0.2) is 0 Å². The molecule has 0 atom stereocenters. The van der Waals surface area contributed by atoms with E-state index in [1.807, 2.05) is 0 Å². The largest absolute Gasteiger partial charge is 0.455 e. The molecule has 0 fully saturated rings. The lowest BCUT2D eigenvalue weighted by Crippen LogP contribution is -2.16. The van der Waals surface area contributed by atoms with Crippen LogP contribution in [0.15, 0.2) is 217 Å². The fourth-order valence-corrected chi connectivity index (χ4v) is 11.5. The second kappa shape index (κ2) is 13.4. The Labute approximate surface area is 376 Å². The minimum absolute atomic E-state index is 0.153. The maximum Gasteiger partial charge on any atom is 0.143 e. The molecule has 1 heterocycles. The van der Waals surface area contributed by atoms with E-state index < -0.39 is 0 Å². The van der Waals surface area contributed by atoms with E-state index in [2.05, 4.69) is 231 Å². The van der Waals surface area contributed by atoms with Crippen molar-refractivity contribution in [2.45, 2.75) is 19.3 Å². The number of benzene rings is 12. The molecule has 2 heteroatoms. The number of hydrogen-bond acceptors (Lipinski definition) is 2. The van der Waals surface area contributed by atoms with Crippen molar-refractivity contribution < 1.29 is 4.42 Å². The lowest BCUT2D eigenvalue weighted by atomic mass is 9.82. The number of hydrogen-bond donors (Lipinski definition) is 0.